The second kappa shape index (κ2) is 8.20. The van der Waals surface area contributed by atoms with Crippen molar-refractivity contribution in [3.05, 3.63) is 54.2 Å². The van der Waals surface area contributed by atoms with Gasteiger partial charge in [-0.15, -0.1) is 0 Å². The summed E-state index contributed by atoms with van der Waals surface area (Å²) in [6, 6.07) is 8.65. The van der Waals surface area contributed by atoms with E-state index in [1.54, 1.807) is 18.4 Å². The molecular formula is C18H22FN3O4S. The lowest BCUT2D eigenvalue weighted by molar-refractivity contribution is -0.123. The van der Waals surface area contributed by atoms with E-state index in [-0.39, 0.29) is 36.5 Å². The molecule has 2 heterocycles. The van der Waals surface area contributed by atoms with Crippen LogP contribution >= 0.6 is 0 Å². The number of amides is 1. The number of halogens is 1. The second-order valence-corrected chi connectivity index (χ2v) is 8.32. The highest BCUT2D eigenvalue weighted by molar-refractivity contribution is 7.89. The predicted octanol–water partition coefficient (Wildman–Crippen LogP) is 1.60. The Morgan fingerprint density at radius 2 is 1.89 bits per heavy atom. The van der Waals surface area contributed by atoms with Gasteiger partial charge < -0.3 is 9.73 Å². The van der Waals surface area contributed by atoms with E-state index in [9.17, 15) is 17.6 Å². The van der Waals surface area contributed by atoms with Crippen LogP contribution in [0.2, 0.25) is 0 Å². The Morgan fingerprint density at radius 3 is 2.52 bits per heavy atom. The van der Waals surface area contributed by atoms with Crippen LogP contribution in [0.25, 0.3) is 0 Å². The van der Waals surface area contributed by atoms with Gasteiger partial charge in [0.25, 0.3) is 0 Å². The monoisotopic (exact) mass is 395 g/mol. The zero-order chi connectivity index (χ0) is 19.4. The molecule has 1 N–H and O–H groups in total. The molecule has 0 aliphatic carbocycles. The van der Waals surface area contributed by atoms with Gasteiger partial charge in [0.15, 0.2) is 0 Å². The minimum atomic E-state index is -3.87. The van der Waals surface area contributed by atoms with E-state index in [1.165, 1.54) is 22.5 Å². The summed E-state index contributed by atoms with van der Waals surface area (Å²) in [6.45, 7) is 3.20. The first-order valence-electron chi connectivity index (χ1n) is 8.68. The van der Waals surface area contributed by atoms with Crippen molar-refractivity contribution in [1.82, 2.24) is 14.5 Å². The molecule has 1 aromatic heterocycles. The second-order valence-electron chi connectivity index (χ2n) is 6.42. The summed E-state index contributed by atoms with van der Waals surface area (Å²) in [5, 5.41) is 2.85. The smallest absolute Gasteiger partial charge is 0.246 e. The number of hydrogen-bond donors (Lipinski definition) is 1. The third kappa shape index (κ3) is 4.55. The van der Waals surface area contributed by atoms with Gasteiger partial charge in [-0.1, -0.05) is 12.1 Å². The fourth-order valence-electron chi connectivity index (χ4n) is 3.02. The number of nitrogens with zero attached hydrogens (tertiary/aromatic N) is 2. The largest absolute Gasteiger partial charge is 0.467 e. The summed E-state index contributed by atoms with van der Waals surface area (Å²) in [6.07, 6.45) is 1.55. The summed E-state index contributed by atoms with van der Waals surface area (Å²) in [5.74, 6) is -0.250. The molecule has 1 aliphatic heterocycles. The molecule has 7 nitrogen and oxygen atoms in total. The zero-order valence-electron chi connectivity index (χ0n) is 15.0. The van der Waals surface area contributed by atoms with Crippen LogP contribution in [0.3, 0.4) is 0 Å². The van der Waals surface area contributed by atoms with Crippen molar-refractivity contribution in [1.29, 1.82) is 0 Å². The predicted molar refractivity (Wildman–Crippen MR) is 96.9 cm³/mol. The minimum Gasteiger partial charge on any atom is -0.467 e. The van der Waals surface area contributed by atoms with Crippen molar-refractivity contribution in [3.63, 3.8) is 0 Å². The molecule has 9 heteroatoms. The number of nitrogens with one attached hydrogen (secondary N) is 1. The Kier molecular flexibility index (Phi) is 5.93. The topological polar surface area (TPSA) is 82.9 Å². The van der Waals surface area contributed by atoms with Crippen molar-refractivity contribution >= 4 is 15.9 Å². The van der Waals surface area contributed by atoms with Crippen LogP contribution in [0.1, 0.15) is 18.7 Å². The highest BCUT2D eigenvalue weighted by Gasteiger charge is 2.31. The van der Waals surface area contributed by atoms with E-state index in [0.717, 1.165) is 6.07 Å². The van der Waals surface area contributed by atoms with Crippen LogP contribution in [0.15, 0.2) is 52.0 Å². The van der Waals surface area contributed by atoms with Gasteiger partial charge in [-0.05, 0) is 31.2 Å². The quantitative estimate of drug-likeness (QED) is 0.803. The van der Waals surface area contributed by atoms with Crippen molar-refractivity contribution in [2.24, 2.45) is 0 Å². The number of sulfonamides is 1. The Hall–Kier alpha value is -2.23. The summed E-state index contributed by atoms with van der Waals surface area (Å²) in [7, 11) is -3.87. The van der Waals surface area contributed by atoms with E-state index in [4.69, 9.17) is 4.42 Å². The Labute approximate surface area is 157 Å². The van der Waals surface area contributed by atoms with Crippen molar-refractivity contribution < 1.29 is 22.0 Å². The molecule has 27 heavy (non-hydrogen) atoms. The van der Waals surface area contributed by atoms with E-state index < -0.39 is 15.8 Å². The van der Waals surface area contributed by atoms with Crippen LogP contribution in [-0.4, -0.2) is 56.3 Å². The van der Waals surface area contributed by atoms with Crippen LogP contribution in [0.4, 0.5) is 4.39 Å². The maximum atomic E-state index is 13.9. The molecule has 0 bridgehead atoms. The van der Waals surface area contributed by atoms with Gasteiger partial charge in [0.1, 0.15) is 16.5 Å². The first kappa shape index (κ1) is 19.5. The molecule has 1 atom stereocenters. The molecule has 146 valence electrons. The molecular weight excluding hydrogens is 373 g/mol. The van der Waals surface area contributed by atoms with Crippen LogP contribution in [0.5, 0.6) is 0 Å². The number of carbonyl (C=O) groups excluding carboxylic acids is 1. The molecule has 0 spiro atoms. The molecule has 0 unspecified atom stereocenters. The third-order valence-corrected chi connectivity index (χ3v) is 6.43. The number of furan rings is 1. The normalized spacial score (nSPS) is 17.6. The van der Waals surface area contributed by atoms with Gasteiger partial charge in [0.2, 0.25) is 15.9 Å². The van der Waals surface area contributed by atoms with Crippen molar-refractivity contribution in [2.75, 3.05) is 32.7 Å². The maximum absolute atomic E-state index is 13.9. The highest BCUT2D eigenvalue weighted by atomic mass is 32.2. The van der Waals surface area contributed by atoms with Crippen LogP contribution in [-0.2, 0) is 14.8 Å². The van der Waals surface area contributed by atoms with Gasteiger partial charge in [0, 0.05) is 26.2 Å². The van der Waals surface area contributed by atoms with E-state index in [1.807, 2.05) is 11.8 Å². The van der Waals surface area contributed by atoms with E-state index >= 15 is 0 Å². The number of rotatable bonds is 6. The molecule has 2 aromatic rings. The molecule has 3 rings (SSSR count). The maximum Gasteiger partial charge on any atom is 0.246 e. The molecule has 1 amide bonds. The van der Waals surface area contributed by atoms with Crippen LogP contribution < -0.4 is 5.32 Å². The number of piperazine rings is 1. The average molecular weight is 395 g/mol. The Balaban J connectivity index is 1.53. The number of carbonyl (C=O) groups is 1. The lowest BCUT2D eigenvalue weighted by atomic mass is 10.2. The highest BCUT2D eigenvalue weighted by Crippen LogP contribution is 2.20. The molecule has 1 fully saturated rings. The Morgan fingerprint density at radius 1 is 1.19 bits per heavy atom. The molecule has 1 aromatic carbocycles. The van der Waals surface area contributed by atoms with Gasteiger partial charge >= 0.3 is 0 Å². The number of hydrogen-bond acceptors (Lipinski definition) is 5. The first-order valence-corrected chi connectivity index (χ1v) is 10.1. The zero-order valence-corrected chi connectivity index (χ0v) is 15.8. The van der Waals surface area contributed by atoms with Gasteiger partial charge in [-0.2, -0.15) is 4.31 Å². The fourth-order valence-corrected chi connectivity index (χ4v) is 4.51. The summed E-state index contributed by atoms with van der Waals surface area (Å²) >= 11 is 0. The summed E-state index contributed by atoms with van der Waals surface area (Å²) in [4.78, 5) is 13.7. The van der Waals surface area contributed by atoms with E-state index in [2.05, 4.69) is 5.32 Å². The SMILES string of the molecule is C[C@@H](NC(=O)CN1CCN(S(=O)(=O)c2ccccc2F)CC1)c1ccco1. The van der Waals surface area contributed by atoms with Gasteiger partial charge in [-0.3, -0.25) is 9.69 Å². The lowest BCUT2D eigenvalue weighted by Crippen LogP contribution is -2.51. The Bertz CT molecular complexity index is 878. The third-order valence-electron chi connectivity index (χ3n) is 4.50. The summed E-state index contributed by atoms with van der Waals surface area (Å²) in [5.41, 5.74) is 0. The average Bonchev–Trinajstić information content (AvgIpc) is 3.17. The standard InChI is InChI=1S/C18H22FN3O4S/c1-14(16-6-4-12-26-16)20-18(23)13-21-8-10-22(11-9-21)27(24,25)17-7-3-2-5-15(17)19/h2-7,12,14H,8-11,13H2,1H3,(H,20,23)/t14-/m1/s1. The van der Waals surface area contributed by atoms with Gasteiger partial charge in [0.05, 0.1) is 18.8 Å². The fraction of sp³-hybridized carbons (Fsp3) is 0.389. The minimum absolute atomic E-state index is 0.163. The molecule has 0 saturated carbocycles. The van der Waals surface area contributed by atoms with Gasteiger partial charge in [-0.25, -0.2) is 12.8 Å². The molecule has 1 saturated heterocycles. The summed E-state index contributed by atoms with van der Waals surface area (Å²) < 4.78 is 45.5. The first-order chi connectivity index (χ1) is 12.9. The number of benzene rings is 1. The molecule has 1 aliphatic rings. The van der Waals surface area contributed by atoms with E-state index in [0.29, 0.717) is 18.8 Å². The van der Waals surface area contributed by atoms with Crippen LogP contribution in [0, 0.1) is 5.82 Å². The van der Waals surface area contributed by atoms with Crippen molar-refractivity contribution in [3.8, 4) is 0 Å². The van der Waals surface area contributed by atoms with Crippen molar-refractivity contribution in [2.45, 2.75) is 17.9 Å². The lowest BCUT2D eigenvalue weighted by Gasteiger charge is -2.33. The molecule has 0 radical (unpaired) electrons.